The van der Waals surface area contributed by atoms with Gasteiger partial charge in [0.15, 0.2) is 0 Å². The van der Waals surface area contributed by atoms with Crippen LogP contribution in [0.15, 0.2) is 48.5 Å². The van der Waals surface area contributed by atoms with Crippen LogP contribution in [0.5, 0.6) is 0 Å². The maximum Gasteiger partial charge on any atom is 0.339 e. The van der Waals surface area contributed by atoms with E-state index in [9.17, 15) is 19.7 Å². The largest absolute Gasteiger partial charge is 0.462 e. The fourth-order valence-electron chi connectivity index (χ4n) is 2.84. The molecule has 0 fully saturated rings. The Morgan fingerprint density at radius 1 is 0.862 bits per heavy atom. The number of ether oxygens (including phenoxy) is 2. The molecule has 2 rings (SSSR count). The van der Waals surface area contributed by atoms with Crippen molar-refractivity contribution in [1.29, 1.82) is 0 Å². The number of carbonyl (C=O) groups is 2. The highest BCUT2D eigenvalue weighted by molar-refractivity contribution is 6.03. The molecule has 2 aromatic rings. The van der Waals surface area contributed by atoms with Crippen molar-refractivity contribution in [2.75, 3.05) is 13.2 Å². The summed E-state index contributed by atoms with van der Waals surface area (Å²) in [5.41, 5.74) is 0.730. The molecule has 0 radical (unpaired) electrons. The molecule has 0 atom stereocenters. The highest BCUT2D eigenvalue weighted by Gasteiger charge is 2.19. The van der Waals surface area contributed by atoms with Gasteiger partial charge in [-0.15, -0.1) is 0 Å². The second kappa shape index (κ2) is 11.6. The summed E-state index contributed by atoms with van der Waals surface area (Å²) in [5, 5.41) is 11.1. The van der Waals surface area contributed by atoms with E-state index in [2.05, 4.69) is 6.92 Å². The van der Waals surface area contributed by atoms with Crippen LogP contribution < -0.4 is 0 Å². The van der Waals surface area contributed by atoms with Gasteiger partial charge in [0, 0.05) is 18.1 Å². The van der Waals surface area contributed by atoms with Crippen molar-refractivity contribution in [3.05, 3.63) is 75.3 Å². The van der Waals surface area contributed by atoms with Crippen LogP contribution in [-0.4, -0.2) is 30.1 Å². The molecule has 154 valence electrons. The number of nitro groups is 1. The number of rotatable bonds is 11. The average molecular weight is 399 g/mol. The van der Waals surface area contributed by atoms with E-state index in [4.69, 9.17) is 9.47 Å². The predicted octanol–water partition coefficient (Wildman–Crippen LogP) is 4.73. The van der Waals surface area contributed by atoms with Gasteiger partial charge in [-0.2, -0.15) is 0 Å². The molecular formula is C22H25NO6. The Labute approximate surface area is 169 Å². The highest BCUT2D eigenvalue weighted by Crippen LogP contribution is 2.19. The minimum Gasteiger partial charge on any atom is -0.462 e. The molecule has 0 unspecified atom stereocenters. The quantitative estimate of drug-likeness (QED) is 0.235. The van der Waals surface area contributed by atoms with Gasteiger partial charge in [0.2, 0.25) is 0 Å². The smallest absolute Gasteiger partial charge is 0.339 e. The summed E-state index contributed by atoms with van der Waals surface area (Å²) in [5.74, 6) is -1.23. The molecule has 7 heteroatoms. The second-order valence-corrected chi connectivity index (χ2v) is 6.51. The lowest BCUT2D eigenvalue weighted by atomic mass is 10.1. The lowest BCUT2D eigenvalue weighted by Gasteiger charge is -2.10. The van der Waals surface area contributed by atoms with Crippen molar-refractivity contribution >= 4 is 17.6 Å². The molecule has 2 aromatic carbocycles. The number of esters is 2. The Morgan fingerprint density at radius 3 is 2.07 bits per heavy atom. The van der Waals surface area contributed by atoms with E-state index in [0.29, 0.717) is 12.2 Å². The van der Waals surface area contributed by atoms with Gasteiger partial charge < -0.3 is 9.47 Å². The maximum atomic E-state index is 12.4. The van der Waals surface area contributed by atoms with E-state index in [1.54, 1.807) is 30.3 Å². The third-order valence-electron chi connectivity index (χ3n) is 4.39. The molecule has 29 heavy (non-hydrogen) atoms. The summed E-state index contributed by atoms with van der Waals surface area (Å²) in [4.78, 5) is 35.3. The first kappa shape index (κ1) is 22.1. The number of hydrogen-bond acceptors (Lipinski definition) is 6. The maximum absolute atomic E-state index is 12.4. The SMILES string of the molecule is CCCCCCOC(=O)c1ccccc1C(=O)OCCc1ccccc1[N+](=O)[O-]. The Balaban J connectivity index is 1.94. The summed E-state index contributed by atoms with van der Waals surface area (Å²) in [6, 6.07) is 12.6. The van der Waals surface area contributed by atoms with E-state index in [1.807, 2.05) is 0 Å². The van der Waals surface area contributed by atoms with Crippen molar-refractivity contribution in [2.24, 2.45) is 0 Å². The summed E-state index contributed by atoms with van der Waals surface area (Å²) in [6.07, 6.45) is 4.14. The monoisotopic (exact) mass is 399 g/mol. The Morgan fingerprint density at radius 2 is 1.45 bits per heavy atom. The second-order valence-electron chi connectivity index (χ2n) is 6.51. The zero-order valence-electron chi connectivity index (χ0n) is 16.5. The topological polar surface area (TPSA) is 95.7 Å². The van der Waals surface area contributed by atoms with Crippen LogP contribution in [0, 0.1) is 10.1 Å². The fourth-order valence-corrected chi connectivity index (χ4v) is 2.84. The minimum atomic E-state index is -0.665. The normalized spacial score (nSPS) is 10.4. The lowest BCUT2D eigenvalue weighted by molar-refractivity contribution is -0.385. The molecule has 0 aromatic heterocycles. The first-order valence-electron chi connectivity index (χ1n) is 9.70. The van der Waals surface area contributed by atoms with Crippen molar-refractivity contribution in [3.8, 4) is 0 Å². The van der Waals surface area contributed by atoms with E-state index >= 15 is 0 Å². The van der Waals surface area contributed by atoms with Crippen LogP contribution >= 0.6 is 0 Å². The average Bonchev–Trinajstić information content (AvgIpc) is 2.73. The van der Waals surface area contributed by atoms with Crippen molar-refractivity contribution in [3.63, 3.8) is 0 Å². The van der Waals surface area contributed by atoms with Crippen LogP contribution in [0.3, 0.4) is 0 Å². The number of benzene rings is 2. The zero-order valence-corrected chi connectivity index (χ0v) is 16.5. The third-order valence-corrected chi connectivity index (χ3v) is 4.39. The number of para-hydroxylation sites is 1. The molecule has 0 heterocycles. The number of hydrogen-bond donors (Lipinski definition) is 0. The van der Waals surface area contributed by atoms with Gasteiger partial charge >= 0.3 is 11.9 Å². The number of nitro benzene ring substituents is 1. The summed E-state index contributed by atoms with van der Waals surface area (Å²) >= 11 is 0. The molecule has 0 bridgehead atoms. The number of unbranched alkanes of at least 4 members (excludes halogenated alkanes) is 3. The van der Waals surface area contributed by atoms with Crippen LogP contribution in [0.4, 0.5) is 5.69 Å². The van der Waals surface area contributed by atoms with Gasteiger partial charge in [0.1, 0.15) is 0 Å². The molecule has 7 nitrogen and oxygen atoms in total. The molecule has 0 saturated heterocycles. The molecule has 0 amide bonds. The van der Waals surface area contributed by atoms with Crippen LogP contribution in [-0.2, 0) is 15.9 Å². The van der Waals surface area contributed by atoms with Gasteiger partial charge in [0.25, 0.3) is 5.69 Å². The highest BCUT2D eigenvalue weighted by atomic mass is 16.6. The van der Waals surface area contributed by atoms with Crippen LogP contribution in [0.2, 0.25) is 0 Å². The van der Waals surface area contributed by atoms with Gasteiger partial charge in [-0.1, -0.05) is 56.5 Å². The van der Waals surface area contributed by atoms with Crippen LogP contribution in [0.1, 0.15) is 58.9 Å². The number of nitrogens with zero attached hydrogens (tertiary/aromatic N) is 1. The van der Waals surface area contributed by atoms with E-state index in [-0.39, 0.29) is 29.8 Å². The molecule has 0 aliphatic carbocycles. The van der Waals surface area contributed by atoms with Crippen LogP contribution in [0.25, 0.3) is 0 Å². The first-order chi connectivity index (χ1) is 14.0. The standard InChI is InChI=1S/C22H25NO6/c1-2-3-4-9-15-28-21(24)18-11-6-7-12-19(18)22(25)29-16-14-17-10-5-8-13-20(17)23(26)27/h5-8,10-13H,2-4,9,14-16H2,1H3. The molecular weight excluding hydrogens is 374 g/mol. The van der Waals surface area contributed by atoms with Crippen molar-refractivity contribution in [1.82, 2.24) is 0 Å². The summed E-state index contributed by atoms with van der Waals surface area (Å²) in [7, 11) is 0. The Bertz CT molecular complexity index is 849. The van der Waals surface area contributed by atoms with Crippen molar-refractivity contribution < 1.29 is 24.0 Å². The third kappa shape index (κ3) is 6.71. The molecule has 0 saturated carbocycles. The fraction of sp³-hybridized carbons (Fsp3) is 0.364. The number of carbonyl (C=O) groups excluding carboxylic acids is 2. The van der Waals surface area contributed by atoms with Gasteiger partial charge in [-0.3, -0.25) is 10.1 Å². The van der Waals surface area contributed by atoms with E-state index in [0.717, 1.165) is 25.7 Å². The summed E-state index contributed by atoms with van der Waals surface area (Å²) < 4.78 is 10.5. The lowest BCUT2D eigenvalue weighted by Crippen LogP contribution is -2.15. The van der Waals surface area contributed by atoms with Gasteiger partial charge in [-0.25, -0.2) is 9.59 Å². The van der Waals surface area contributed by atoms with Crippen molar-refractivity contribution in [2.45, 2.75) is 39.0 Å². The van der Waals surface area contributed by atoms with E-state index < -0.39 is 16.9 Å². The Kier molecular flexibility index (Phi) is 8.82. The zero-order chi connectivity index (χ0) is 21.1. The van der Waals surface area contributed by atoms with E-state index in [1.165, 1.54) is 18.2 Å². The van der Waals surface area contributed by atoms with Gasteiger partial charge in [-0.05, 0) is 18.6 Å². The first-order valence-corrected chi connectivity index (χ1v) is 9.70. The predicted molar refractivity (Wildman–Crippen MR) is 108 cm³/mol. The molecule has 0 spiro atoms. The Hall–Kier alpha value is -3.22. The minimum absolute atomic E-state index is 0.0180. The molecule has 0 aliphatic rings. The van der Waals surface area contributed by atoms with Gasteiger partial charge in [0.05, 0.1) is 29.3 Å². The molecule has 0 aliphatic heterocycles. The molecule has 0 N–H and O–H groups in total. The summed E-state index contributed by atoms with van der Waals surface area (Å²) in [6.45, 7) is 2.37.